The maximum Gasteiger partial charge on any atom is 0.416 e. The summed E-state index contributed by atoms with van der Waals surface area (Å²) in [7, 11) is 1.55. The van der Waals surface area contributed by atoms with Crippen molar-refractivity contribution < 1.29 is 17.6 Å². The van der Waals surface area contributed by atoms with Crippen LogP contribution in [-0.2, 0) is 13.2 Å². The Morgan fingerprint density at radius 3 is 2.65 bits per heavy atom. The van der Waals surface area contributed by atoms with Crippen LogP contribution < -0.4 is 5.32 Å². The number of hydrogen-bond donors (Lipinski definition) is 2. The highest BCUT2D eigenvalue weighted by Gasteiger charge is 2.32. The number of aromatic nitrogens is 3. The molecule has 2 aromatic heterocycles. The molecule has 0 aliphatic rings. The van der Waals surface area contributed by atoms with Gasteiger partial charge in [0.25, 0.3) is 0 Å². The van der Waals surface area contributed by atoms with Gasteiger partial charge in [-0.15, -0.1) is 0 Å². The van der Waals surface area contributed by atoms with Crippen molar-refractivity contribution in [1.29, 1.82) is 0 Å². The zero-order valence-electron chi connectivity index (χ0n) is 13.9. The second-order valence-electron chi connectivity index (χ2n) is 6.19. The summed E-state index contributed by atoms with van der Waals surface area (Å²) >= 11 is 0. The van der Waals surface area contributed by atoms with E-state index in [-0.39, 0.29) is 17.0 Å². The number of rotatable bonds is 2. The Kier molecular flexibility index (Phi) is 3.47. The fourth-order valence-electron chi connectivity index (χ4n) is 3.03. The van der Waals surface area contributed by atoms with Gasteiger partial charge in [-0.1, -0.05) is 11.6 Å². The van der Waals surface area contributed by atoms with Crippen molar-refractivity contribution in [3.63, 3.8) is 0 Å². The molecule has 0 radical (unpaired) electrons. The molecule has 4 nitrogen and oxygen atoms in total. The van der Waals surface area contributed by atoms with E-state index in [1.54, 1.807) is 13.2 Å². The van der Waals surface area contributed by atoms with Crippen molar-refractivity contribution in [2.75, 3.05) is 5.32 Å². The number of halogens is 4. The van der Waals surface area contributed by atoms with Gasteiger partial charge in [0, 0.05) is 24.1 Å². The smallest absolute Gasteiger partial charge is 0.359 e. The number of aromatic amines is 1. The fraction of sp³-hybridized carbons (Fsp3) is 0.167. The lowest BCUT2D eigenvalue weighted by atomic mass is 10.1. The number of benzene rings is 2. The Morgan fingerprint density at radius 1 is 1.15 bits per heavy atom. The van der Waals surface area contributed by atoms with Gasteiger partial charge < -0.3 is 14.9 Å². The lowest BCUT2D eigenvalue weighted by Gasteiger charge is -2.07. The molecule has 0 aliphatic carbocycles. The van der Waals surface area contributed by atoms with Crippen LogP contribution in [0.1, 0.15) is 11.1 Å². The van der Waals surface area contributed by atoms with Gasteiger partial charge in [-0.3, -0.25) is 0 Å². The molecule has 0 saturated carbocycles. The van der Waals surface area contributed by atoms with E-state index in [1.165, 1.54) is 4.57 Å². The molecule has 134 valence electrons. The number of hydrogen-bond acceptors (Lipinski definition) is 2. The van der Waals surface area contributed by atoms with Gasteiger partial charge in [0.15, 0.2) is 0 Å². The number of nitrogens with zero attached hydrogens (tertiary/aromatic N) is 2. The first kappa shape index (κ1) is 16.4. The molecule has 4 rings (SSSR count). The van der Waals surface area contributed by atoms with E-state index in [0.717, 1.165) is 22.5 Å². The third kappa shape index (κ3) is 2.58. The number of aryl methyl sites for hydroxylation is 2. The minimum absolute atomic E-state index is 0.0107. The number of imidazole rings is 1. The Balaban J connectivity index is 1.83. The van der Waals surface area contributed by atoms with E-state index >= 15 is 0 Å². The minimum atomic E-state index is -4.63. The molecule has 4 aromatic rings. The van der Waals surface area contributed by atoms with Crippen molar-refractivity contribution in [2.45, 2.75) is 13.1 Å². The lowest BCUT2D eigenvalue weighted by molar-refractivity contribution is -0.137. The SMILES string of the molecule is Cc1ccc2[nH]cc(Nc3nc4cc(C(F)(F)F)cc(F)c4n3C)c2c1. The average molecular weight is 362 g/mol. The van der Waals surface area contributed by atoms with Crippen molar-refractivity contribution >= 4 is 33.6 Å². The highest BCUT2D eigenvalue weighted by atomic mass is 19.4. The van der Waals surface area contributed by atoms with Gasteiger partial charge in [-0.25, -0.2) is 9.37 Å². The summed E-state index contributed by atoms with van der Waals surface area (Å²) in [4.78, 5) is 7.26. The first-order valence-electron chi connectivity index (χ1n) is 7.82. The quantitative estimate of drug-likeness (QED) is 0.478. The molecule has 8 heteroatoms. The van der Waals surface area contributed by atoms with Crippen LogP contribution in [0.4, 0.5) is 29.2 Å². The topological polar surface area (TPSA) is 45.6 Å². The summed E-state index contributed by atoms with van der Waals surface area (Å²) in [6, 6.07) is 7.21. The molecule has 0 unspecified atom stereocenters. The highest BCUT2D eigenvalue weighted by molar-refractivity contribution is 5.94. The van der Waals surface area contributed by atoms with Crippen LogP contribution in [0, 0.1) is 12.7 Å². The molecule has 0 atom stereocenters. The summed E-state index contributed by atoms with van der Waals surface area (Å²) in [5.74, 6) is -0.715. The molecular formula is C18H14F4N4. The maximum atomic E-state index is 14.2. The van der Waals surface area contributed by atoms with E-state index in [9.17, 15) is 17.6 Å². The van der Waals surface area contributed by atoms with Crippen molar-refractivity contribution in [1.82, 2.24) is 14.5 Å². The van der Waals surface area contributed by atoms with Gasteiger partial charge in [0.2, 0.25) is 5.95 Å². The fourth-order valence-corrected chi connectivity index (χ4v) is 3.03. The monoisotopic (exact) mass is 362 g/mol. The van der Waals surface area contributed by atoms with Crippen LogP contribution >= 0.6 is 0 Å². The van der Waals surface area contributed by atoms with Crippen molar-refractivity contribution in [3.8, 4) is 0 Å². The van der Waals surface area contributed by atoms with Gasteiger partial charge >= 0.3 is 6.18 Å². The maximum absolute atomic E-state index is 14.2. The van der Waals surface area contributed by atoms with Gasteiger partial charge in [0.1, 0.15) is 11.3 Å². The largest absolute Gasteiger partial charge is 0.416 e. The summed E-state index contributed by atoms with van der Waals surface area (Å²) in [5, 5.41) is 3.98. The predicted molar refractivity (Wildman–Crippen MR) is 92.0 cm³/mol. The van der Waals surface area contributed by atoms with Crippen LogP contribution in [0.15, 0.2) is 36.5 Å². The van der Waals surface area contributed by atoms with E-state index in [4.69, 9.17) is 0 Å². The van der Waals surface area contributed by atoms with Gasteiger partial charge in [0.05, 0.1) is 16.8 Å². The van der Waals surface area contributed by atoms with Crippen LogP contribution in [0.25, 0.3) is 21.9 Å². The molecule has 2 heterocycles. The summed E-state index contributed by atoms with van der Waals surface area (Å²) in [6.07, 6.45) is -2.89. The summed E-state index contributed by atoms with van der Waals surface area (Å²) in [6.45, 7) is 1.96. The van der Waals surface area contributed by atoms with Crippen molar-refractivity contribution in [3.05, 3.63) is 53.5 Å². The van der Waals surface area contributed by atoms with Crippen molar-refractivity contribution in [2.24, 2.45) is 7.05 Å². The second-order valence-corrected chi connectivity index (χ2v) is 6.19. The first-order chi connectivity index (χ1) is 12.2. The number of nitrogens with one attached hydrogen (secondary N) is 2. The lowest BCUT2D eigenvalue weighted by Crippen LogP contribution is -2.05. The molecule has 2 N–H and O–H groups in total. The zero-order valence-corrected chi connectivity index (χ0v) is 13.9. The Morgan fingerprint density at radius 2 is 1.92 bits per heavy atom. The second kappa shape index (κ2) is 5.48. The number of alkyl halides is 3. The summed E-state index contributed by atoms with van der Waals surface area (Å²) in [5.41, 5.74) is 1.57. The molecule has 26 heavy (non-hydrogen) atoms. The molecule has 2 aromatic carbocycles. The number of H-pyrrole nitrogens is 1. The summed E-state index contributed by atoms with van der Waals surface area (Å²) < 4.78 is 54.3. The number of fused-ring (bicyclic) bond motifs is 2. The Bertz CT molecular complexity index is 1140. The molecule has 0 saturated heterocycles. The molecule has 0 fully saturated rings. The van der Waals surface area contributed by atoms with E-state index in [1.807, 2.05) is 25.1 Å². The van der Waals surface area contributed by atoms with Crippen LogP contribution in [-0.4, -0.2) is 14.5 Å². The Hall–Kier alpha value is -3.03. The normalized spacial score (nSPS) is 12.2. The third-order valence-corrected chi connectivity index (χ3v) is 4.33. The van der Waals surface area contributed by atoms with E-state index < -0.39 is 17.6 Å². The van der Waals surface area contributed by atoms with E-state index in [0.29, 0.717) is 11.8 Å². The molecule has 0 spiro atoms. The highest BCUT2D eigenvalue weighted by Crippen LogP contribution is 2.34. The molecule has 0 aliphatic heterocycles. The molecule has 0 bridgehead atoms. The third-order valence-electron chi connectivity index (χ3n) is 4.33. The zero-order chi connectivity index (χ0) is 18.6. The van der Waals surface area contributed by atoms with Crippen LogP contribution in [0.5, 0.6) is 0 Å². The standard InChI is InChI=1S/C18H14F4N4/c1-9-3-4-13-11(5-9)15(8-23-13)25-17-24-14-7-10(18(20,21)22)6-12(19)16(14)26(17)2/h3-8,23H,1-2H3,(H,24,25). The van der Waals surface area contributed by atoms with Gasteiger partial charge in [-0.05, 0) is 31.2 Å². The molecular weight excluding hydrogens is 348 g/mol. The first-order valence-corrected chi connectivity index (χ1v) is 7.82. The predicted octanol–water partition coefficient (Wildman–Crippen LogP) is 5.26. The van der Waals surface area contributed by atoms with Gasteiger partial charge in [-0.2, -0.15) is 13.2 Å². The van der Waals surface area contributed by atoms with Crippen LogP contribution in [0.3, 0.4) is 0 Å². The van der Waals surface area contributed by atoms with Crippen LogP contribution in [0.2, 0.25) is 0 Å². The molecule has 0 amide bonds. The van der Waals surface area contributed by atoms with E-state index in [2.05, 4.69) is 15.3 Å². The number of anilines is 2. The Labute approximate surface area is 145 Å². The minimum Gasteiger partial charge on any atom is -0.359 e. The average Bonchev–Trinajstić information content (AvgIpc) is 3.09.